The molecule has 33 N–H and O–H groups in total. The molecular formula is C58H113N25O12. The molecule has 0 rings (SSSR count). The van der Waals surface area contributed by atoms with Crippen molar-refractivity contribution < 1.29 is 57.8 Å². The third kappa shape index (κ3) is 45.2. The fourth-order valence-corrected chi connectivity index (χ4v) is 9.27. The highest BCUT2D eigenvalue weighted by atomic mass is 16.4. The lowest BCUT2D eigenvalue weighted by Gasteiger charge is -2.26. The number of carboxylic acids is 1. The van der Waals surface area contributed by atoms with Gasteiger partial charge in [-0.3, -0.25) is 67.9 Å². The van der Waals surface area contributed by atoms with Crippen molar-refractivity contribution in [2.75, 3.05) is 65.4 Å². The summed E-state index contributed by atoms with van der Waals surface area (Å²) in [7, 11) is 0. The summed E-state index contributed by atoms with van der Waals surface area (Å²) in [5.41, 5.74) is 60.9. The van der Waals surface area contributed by atoms with Crippen molar-refractivity contribution in [2.24, 2.45) is 83.0 Å². The highest BCUT2D eigenvalue weighted by Gasteiger charge is 2.32. The molecule has 0 fully saturated rings. The first kappa shape index (κ1) is 86.1. The number of hydrogen-bond donors (Lipinski definition) is 22. The molecule has 0 aromatic rings. The van der Waals surface area contributed by atoms with Gasteiger partial charge in [-0.1, -0.05) is 45.4 Å². The largest absolute Gasteiger partial charge is 0.480 e. The Balaban J connectivity index is 6.39. The van der Waals surface area contributed by atoms with Crippen LogP contribution in [0.3, 0.4) is 0 Å². The summed E-state index contributed by atoms with van der Waals surface area (Å²) in [6.07, 6.45) is 10.4. The molecule has 37 nitrogen and oxygen atoms in total. The fraction of sp³-hybridized carbons (Fsp3) is 0.741. The summed E-state index contributed by atoms with van der Waals surface area (Å²) in [5.74, 6) is -9.89. The van der Waals surface area contributed by atoms with Crippen LogP contribution in [0.5, 0.6) is 0 Å². The molecule has 0 bridgehead atoms. The highest BCUT2D eigenvalue weighted by Crippen LogP contribution is 2.12. The lowest BCUT2D eigenvalue weighted by Crippen LogP contribution is -2.58. The van der Waals surface area contributed by atoms with Gasteiger partial charge in [0, 0.05) is 32.6 Å². The van der Waals surface area contributed by atoms with E-state index in [-0.39, 0.29) is 140 Å². The molecule has 0 spiro atoms. The van der Waals surface area contributed by atoms with E-state index < -0.39 is 121 Å². The van der Waals surface area contributed by atoms with Crippen LogP contribution in [0.15, 0.2) is 20.0 Å². The number of nitrogens with one attached hydrogen (secondary N) is 10. The third-order valence-corrected chi connectivity index (χ3v) is 14.4. The summed E-state index contributed by atoms with van der Waals surface area (Å²) in [4.78, 5) is 164. The summed E-state index contributed by atoms with van der Waals surface area (Å²) >= 11 is 0. The van der Waals surface area contributed by atoms with Gasteiger partial charge in [0.15, 0.2) is 23.8 Å². The second-order valence-corrected chi connectivity index (χ2v) is 22.7. The Morgan fingerprint density at radius 2 is 0.579 bits per heavy atom. The molecule has 0 saturated carbocycles. The van der Waals surface area contributed by atoms with E-state index in [9.17, 15) is 57.8 Å². The Morgan fingerprint density at radius 3 is 0.926 bits per heavy atom. The lowest BCUT2D eigenvalue weighted by atomic mass is 10.0. The minimum absolute atomic E-state index is 0.0138. The van der Waals surface area contributed by atoms with Gasteiger partial charge in [-0.15, -0.1) is 0 Å². The molecule has 10 amide bonds. The minimum Gasteiger partial charge on any atom is -0.480 e. The predicted octanol–water partition coefficient (Wildman–Crippen LogP) is -6.44. The van der Waals surface area contributed by atoms with Crippen molar-refractivity contribution in [3.63, 3.8) is 0 Å². The maximum absolute atomic E-state index is 14.1. The van der Waals surface area contributed by atoms with Gasteiger partial charge in [0.25, 0.3) is 0 Å². The Kier molecular flexibility index (Phi) is 48.5. The number of rotatable bonds is 56. The molecule has 0 aliphatic rings. The van der Waals surface area contributed by atoms with Crippen LogP contribution in [0.1, 0.15) is 167 Å². The molecule has 0 radical (unpaired) electrons. The molecule has 0 aliphatic carbocycles. The van der Waals surface area contributed by atoms with Gasteiger partial charge in [-0.05, 0) is 135 Å². The van der Waals surface area contributed by atoms with Crippen molar-refractivity contribution in [3.8, 4) is 0 Å². The van der Waals surface area contributed by atoms with E-state index in [0.717, 1.165) is 38.5 Å². The number of carbonyl (C=O) groups is 11. The molecule has 0 heterocycles. The van der Waals surface area contributed by atoms with Crippen molar-refractivity contribution in [1.29, 1.82) is 0 Å². The maximum Gasteiger partial charge on any atom is 0.326 e. The number of carbonyl (C=O) groups excluding carboxylic acids is 10. The van der Waals surface area contributed by atoms with E-state index in [0.29, 0.717) is 57.9 Å². The van der Waals surface area contributed by atoms with Crippen molar-refractivity contribution in [3.05, 3.63) is 0 Å². The molecule has 95 heavy (non-hydrogen) atoms. The van der Waals surface area contributed by atoms with Gasteiger partial charge in [0.2, 0.25) is 59.1 Å². The summed E-state index contributed by atoms with van der Waals surface area (Å²) < 4.78 is 0. The van der Waals surface area contributed by atoms with Crippen molar-refractivity contribution >= 4 is 88.9 Å². The second kappa shape index (κ2) is 53.5. The topological polar surface area (TPSA) is 664 Å². The Morgan fingerprint density at radius 1 is 0.305 bits per heavy atom. The lowest BCUT2D eigenvalue weighted by molar-refractivity contribution is -0.142. The number of aliphatic carboxylic acids is 1. The number of unbranched alkanes of at least 4 members (excludes halogenated alkanes) is 9. The molecule has 0 aliphatic heterocycles. The molecule has 0 unspecified atom stereocenters. The van der Waals surface area contributed by atoms with E-state index in [1.54, 1.807) is 0 Å². The number of aliphatic imine (C=N–C) groups is 4. The minimum atomic E-state index is -1.39. The fourth-order valence-electron chi connectivity index (χ4n) is 9.27. The van der Waals surface area contributed by atoms with E-state index in [4.69, 9.17) is 63.1 Å². The number of nitrogens with two attached hydrogens (primary N) is 11. The smallest absolute Gasteiger partial charge is 0.326 e. The van der Waals surface area contributed by atoms with E-state index in [2.05, 4.69) is 80.1 Å². The van der Waals surface area contributed by atoms with Crippen LogP contribution in [0.2, 0.25) is 0 Å². The average Bonchev–Trinajstić information content (AvgIpc) is 1.39. The van der Waals surface area contributed by atoms with Crippen LogP contribution >= 0.6 is 0 Å². The second-order valence-electron chi connectivity index (χ2n) is 22.7. The zero-order valence-electron chi connectivity index (χ0n) is 55.4. The van der Waals surface area contributed by atoms with Gasteiger partial charge in [0.1, 0.15) is 42.3 Å². The van der Waals surface area contributed by atoms with Crippen LogP contribution in [-0.4, -0.2) is 202 Å². The summed E-state index contributed by atoms with van der Waals surface area (Å²) in [6, 6.07) is -8.97. The monoisotopic (exact) mass is 1350 g/mol. The van der Waals surface area contributed by atoms with Gasteiger partial charge < -0.3 is 121 Å². The highest BCUT2D eigenvalue weighted by molar-refractivity contribution is 5.97. The molecule has 0 aromatic carbocycles. The number of hydrogen-bond acceptors (Lipinski definition) is 18. The van der Waals surface area contributed by atoms with Gasteiger partial charge in [0.05, 0.1) is 19.6 Å². The standard InChI is InChI=1S/C58H113N25O12/c1-2-3-4-5-6-7-8-26-44(84)77-37(22-15-30-70-55(62)63)48(88)76-36-47(87)79-39(23-16-31-71-56(64)65)50(90)80-38(19-9-12-27-59)49(89)75-34-45(85)74-35-46(86)78-40(24-17-32-72-57(66)67)51(91)82-42(25-18-33-73-58(68)69)52(92)81-41(20-10-13-28-60)53(93)83-43(54(94)95)21-11-14-29-61/h37-43H,2-36,59-61H2,1H3,(H,74,85)(H,75,89)(H,76,88)(H,77,84)(H,78,86)(H,79,87)(H,80,90)(H,81,92)(H,82,91)(H,83,93)(H,94,95)(H4,62,63,70)(H4,64,65,71)(H4,66,67,72)(H4,68,69,73)/t37-,38-,39-,40-,41-,42-,43-/m0/s1. The molecular weight excluding hydrogens is 1240 g/mol. The van der Waals surface area contributed by atoms with Gasteiger partial charge >= 0.3 is 5.97 Å². The molecule has 0 aromatic heterocycles. The first-order chi connectivity index (χ1) is 45.3. The molecule has 7 atom stereocenters. The Bertz CT molecular complexity index is 2450. The number of guanidine groups is 4. The van der Waals surface area contributed by atoms with E-state index in [1.807, 2.05) is 0 Å². The van der Waals surface area contributed by atoms with Gasteiger partial charge in [-0.2, -0.15) is 0 Å². The average molecular weight is 1350 g/mol. The maximum atomic E-state index is 14.1. The quantitative estimate of drug-likeness (QED) is 0.0153. The SMILES string of the molecule is CCCCCCCCCC(=O)N[C@@H](CCCN=C(N)N)C(=O)NCC(=O)N[C@@H](CCCN=C(N)N)C(=O)N[C@@H](CCCCN)C(=O)NCC(=O)NCC(=O)N[C@@H](CCCN=C(N)N)C(=O)N[C@@H](CCCN=C(N)N)C(=O)N[C@@H](CCCCN)C(=O)N[C@@H](CCCCN)C(=O)O. The third-order valence-electron chi connectivity index (χ3n) is 14.4. The zero-order chi connectivity index (χ0) is 71.3. The summed E-state index contributed by atoms with van der Waals surface area (Å²) in [5, 5.41) is 35.3. The number of carboxylic acid groups (broad SMARTS) is 1. The predicted molar refractivity (Wildman–Crippen MR) is 361 cm³/mol. The number of nitrogens with zero attached hydrogens (tertiary/aromatic N) is 4. The van der Waals surface area contributed by atoms with Gasteiger partial charge in [-0.25, -0.2) is 4.79 Å². The first-order valence-electron chi connectivity index (χ1n) is 32.7. The summed E-state index contributed by atoms with van der Waals surface area (Å²) in [6.45, 7) is 1.15. The van der Waals surface area contributed by atoms with E-state index >= 15 is 0 Å². The Labute approximate surface area is 556 Å². The number of amides is 10. The van der Waals surface area contributed by atoms with E-state index in [1.165, 1.54) is 0 Å². The Hall–Kier alpha value is -8.87. The molecule has 0 saturated heterocycles. The van der Waals surface area contributed by atoms with Crippen LogP contribution in [0.4, 0.5) is 0 Å². The van der Waals surface area contributed by atoms with Crippen LogP contribution < -0.4 is 116 Å². The zero-order valence-corrected chi connectivity index (χ0v) is 55.4. The normalized spacial score (nSPS) is 13.0. The molecule has 37 heteroatoms. The van der Waals surface area contributed by atoms with Crippen LogP contribution in [0.25, 0.3) is 0 Å². The molecule has 542 valence electrons. The van der Waals surface area contributed by atoms with Crippen molar-refractivity contribution in [1.82, 2.24) is 53.2 Å². The van der Waals surface area contributed by atoms with Crippen molar-refractivity contribution in [2.45, 2.75) is 210 Å². The van der Waals surface area contributed by atoms with Crippen LogP contribution in [-0.2, 0) is 52.7 Å². The first-order valence-corrected chi connectivity index (χ1v) is 32.7. The van der Waals surface area contributed by atoms with Crippen LogP contribution in [0, 0.1) is 0 Å².